The predicted octanol–water partition coefficient (Wildman–Crippen LogP) is 4.20. The van der Waals surface area contributed by atoms with Gasteiger partial charge in [-0.3, -0.25) is 4.68 Å². The van der Waals surface area contributed by atoms with Crippen molar-refractivity contribution in [3.05, 3.63) is 18.0 Å². The maximum absolute atomic E-state index is 4.85. The Bertz CT molecular complexity index is 414. The maximum atomic E-state index is 4.85. The number of hydrogen-bond acceptors (Lipinski definition) is 2. The Labute approximate surface area is 130 Å². The summed E-state index contributed by atoms with van der Waals surface area (Å²) in [4.78, 5) is 0. The third kappa shape index (κ3) is 5.46. The van der Waals surface area contributed by atoms with Crippen LogP contribution in [0.4, 0.5) is 0 Å². The molecule has 3 nitrogen and oxygen atoms in total. The Hall–Kier alpha value is -0.830. The summed E-state index contributed by atoms with van der Waals surface area (Å²) >= 11 is 0. The second-order valence-corrected chi connectivity index (χ2v) is 7.94. The van der Waals surface area contributed by atoms with Crippen LogP contribution in [0, 0.1) is 11.3 Å². The molecule has 0 amide bonds. The Balaban J connectivity index is 1.85. The van der Waals surface area contributed by atoms with Crippen LogP contribution in [0.1, 0.15) is 71.5 Å². The average Bonchev–Trinajstić information content (AvgIpc) is 2.86. The molecule has 0 unspecified atom stereocenters. The molecule has 0 saturated heterocycles. The molecule has 3 heteroatoms. The van der Waals surface area contributed by atoms with Crippen molar-refractivity contribution in [2.75, 3.05) is 13.1 Å². The van der Waals surface area contributed by atoms with Crippen molar-refractivity contribution in [2.45, 2.75) is 72.3 Å². The highest BCUT2D eigenvalue weighted by Crippen LogP contribution is 2.28. The number of nitrogens with zero attached hydrogens (tertiary/aromatic N) is 2. The number of aromatic nitrogens is 2. The summed E-state index contributed by atoms with van der Waals surface area (Å²) in [6, 6.07) is 2.87. The van der Waals surface area contributed by atoms with Crippen molar-refractivity contribution < 1.29 is 0 Å². The SMILES string of the molecule is CC(C)CNCC(C)(C)Cc1ccn(C2CCCCC2)n1. The zero-order valence-electron chi connectivity index (χ0n) is 14.4. The predicted molar refractivity (Wildman–Crippen MR) is 89.5 cm³/mol. The van der Waals surface area contributed by atoms with Gasteiger partial charge < -0.3 is 5.32 Å². The van der Waals surface area contributed by atoms with Gasteiger partial charge in [0.2, 0.25) is 0 Å². The van der Waals surface area contributed by atoms with Gasteiger partial charge in [-0.25, -0.2) is 0 Å². The van der Waals surface area contributed by atoms with Gasteiger partial charge in [0.1, 0.15) is 0 Å². The molecule has 0 atom stereocenters. The van der Waals surface area contributed by atoms with Gasteiger partial charge in [0, 0.05) is 12.7 Å². The molecule has 0 bridgehead atoms. The molecule has 2 rings (SSSR count). The maximum Gasteiger partial charge on any atom is 0.0630 e. The van der Waals surface area contributed by atoms with Crippen molar-refractivity contribution in [3.63, 3.8) is 0 Å². The number of rotatable bonds is 7. The molecule has 1 N–H and O–H groups in total. The van der Waals surface area contributed by atoms with Gasteiger partial charge in [-0.15, -0.1) is 0 Å². The molecule has 1 aromatic heterocycles. The normalized spacial score (nSPS) is 17.6. The van der Waals surface area contributed by atoms with Gasteiger partial charge in [0.15, 0.2) is 0 Å². The molecular formula is C18H33N3. The van der Waals surface area contributed by atoms with E-state index in [1.165, 1.54) is 37.8 Å². The van der Waals surface area contributed by atoms with Crippen LogP contribution >= 0.6 is 0 Å². The third-order valence-corrected chi connectivity index (χ3v) is 4.43. The molecular weight excluding hydrogens is 258 g/mol. The van der Waals surface area contributed by atoms with E-state index in [1.807, 2.05) is 0 Å². The Morgan fingerprint density at radius 1 is 1.29 bits per heavy atom. The van der Waals surface area contributed by atoms with Crippen LogP contribution < -0.4 is 5.32 Å². The summed E-state index contributed by atoms with van der Waals surface area (Å²) in [5.74, 6) is 0.714. The lowest BCUT2D eigenvalue weighted by atomic mass is 9.87. The van der Waals surface area contributed by atoms with Gasteiger partial charge >= 0.3 is 0 Å². The zero-order valence-corrected chi connectivity index (χ0v) is 14.4. The summed E-state index contributed by atoms with van der Waals surface area (Å²) in [5, 5.41) is 8.43. The Kier molecular flexibility index (Phi) is 5.86. The topological polar surface area (TPSA) is 29.9 Å². The van der Waals surface area contributed by atoms with Crippen LogP contribution in [0.15, 0.2) is 12.3 Å². The highest BCUT2D eigenvalue weighted by molar-refractivity contribution is 5.03. The molecule has 1 heterocycles. The van der Waals surface area contributed by atoms with E-state index in [-0.39, 0.29) is 5.41 Å². The van der Waals surface area contributed by atoms with E-state index in [2.05, 4.69) is 50.0 Å². The summed E-state index contributed by atoms with van der Waals surface area (Å²) in [7, 11) is 0. The Morgan fingerprint density at radius 3 is 2.67 bits per heavy atom. The van der Waals surface area contributed by atoms with Crippen LogP contribution in [0.2, 0.25) is 0 Å². The van der Waals surface area contributed by atoms with E-state index in [0.717, 1.165) is 19.5 Å². The summed E-state index contributed by atoms with van der Waals surface area (Å²) in [6.07, 6.45) is 10.00. The highest BCUT2D eigenvalue weighted by atomic mass is 15.3. The second-order valence-electron chi connectivity index (χ2n) is 7.94. The minimum atomic E-state index is 0.265. The van der Waals surface area contributed by atoms with Crippen LogP contribution in [0.5, 0.6) is 0 Å². The average molecular weight is 291 g/mol. The monoisotopic (exact) mass is 291 g/mol. The van der Waals surface area contributed by atoms with E-state index in [1.54, 1.807) is 0 Å². The fourth-order valence-electron chi connectivity index (χ4n) is 3.27. The van der Waals surface area contributed by atoms with Crippen molar-refractivity contribution in [1.82, 2.24) is 15.1 Å². The quantitative estimate of drug-likeness (QED) is 0.816. The fraction of sp³-hybridized carbons (Fsp3) is 0.833. The van der Waals surface area contributed by atoms with Gasteiger partial charge in [0.25, 0.3) is 0 Å². The molecule has 1 aliphatic rings. The first-order valence-electron chi connectivity index (χ1n) is 8.71. The third-order valence-electron chi connectivity index (χ3n) is 4.43. The van der Waals surface area contributed by atoms with Crippen molar-refractivity contribution >= 4 is 0 Å². The number of hydrogen-bond donors (Lipinski definition) is 1. The molecule has 0 spiro atoms. The van der Waals surface area contributed by atoms with Gasteiger partial charge in [-0.2, -0.15) is 5.10 Å². The number of nitrogens with one attached hydrogen (secondary N) is 1. The standard InChI is InChI=1S/C18H33N3/c1-15(2)13-19-14-18(3,4)12-16-10-11-21(20-16)17-8-6-5-7-9-17/h10-11,15,17,19H,5-9,12-14H2,1-4H3. The molecule has 1 fully saturated rings. The molecule has 21 heavy (non-hydrogen) atoms. The largest absolute Gasteiger partial charge is 0.316 e. The summed E-state index contributed by atoms with van der Waals surface area (Å²) in [6.45, 7) is 11.3. The van der Waals surface area contributed by atoms with Gasteiger partial charge in [0.05, 0.1) is 11.7 Å². The molecule has 1 aliphatic carbocycles. The molecule has 0 radical (unpaired) electrons. The first-order valence-corrected chi connectivity index (χ1v) is 8.71. The van der Waals surface area contributed by atoms with E-state index in [0.29, 0.717) is 12.0 Å². The highest BCUT2D eigenvalue weighted by Gasteiger charge is 2.21. The van der Waals surface area contributed by atoms with Crippen LogP contribution in [-0.4, -0.2) is 22.9 Å². The van der Waals surface area contributed by atoms with E-state index < -0.39 is 0 Å². The van der Waals surface area contributed by atoms with Crippen molar-refractivity contribution in [3.8, 4) is 0 Å². The van der Waals surface area contributed by atoms with Crippen LogP contribution in [0.3, 0.4) is 0 Å². The van der Waals surface area contributed by atoms with Gasteiger partial charge in [-0.1, -0.05) is 47.0 Å². The lowest BCUT2D eigenvalue weighted by molar-refractivity contribution is 0.312. The van der Waals surface area contributed by atoms with E-state index >= 15 is 0 Å². The minimum absolute atomic E-state index is 0.265. The first-order chi connectivity index (χ1) is 9.96. The molecule has 1 aromatic rings. The smallest absolute Gasteiger partial charge is 0.0630 e. The lowest BCUT2D eigenvalue weighted by Crippen LogP contribution is -2.33. The first kappa shape index (κ1) is 16.5. The van der Waals surface area contributed by atoms with E-state index in [4.69, 9.17) is 5.10 Å². The van der Waals surface area contributed by atoms with Crippen molar-refractivity contribution in [2.24, 2.45) is 11.3 Å². The van der Waals surface area contributed by atoms with Crippen LogP contribution in [0.25, 0.3) is 0 Å². The molecule has 1 saturated carbocycles. The summed E-state index contributed by atoms with van der Waals surface area (Å²) < 4.78 is 2.23. The molecule has 0 aromatic carbocycles. The Morgan fingerprint density at radius 2 is 2.00 bits per heavy atom. The zero-order chi connectivity index (χ0) is 15.3. The lowest BCUT2D eigenvalue weighted by Gasteiger charge is -2.25. The minimum Gasteiger partial charge on any atom is -0.316 e. The molecule has 0 aliphatic heterocycles. The van der Waals surface area contributed by atoms with E-state index in [9.17, 15) is 0 Å². The fourth-order valence-corrected chi connectivity index (χ4v) is 3.27. The van der Waals surface area contributed by atoms with Crippen LogP contribution in [-0.2, 0) is 6.42 Å². The van der Waals surface area contributed by atoms with Crippen molar-refractivity contribution in [1.29, 1.82) is 0 Å². The summed E-state index contributed by atoms with van der Waals surface area (Å²) in [5.41, 5.74) is 1.51. The second kappa shape index (κ2) is 7.44. The molecule has 120 valence electrons. The van der Waals surface area contributed by atoms with Gasteiger partial charge in [-0.05, 0) is 43.2 Å².